The van der Waals surface area contributed by atoms with Crippen LogP contribution in [-0.2, 0) is 22.4 Å². The van der Waals surface area contributed by atoms with E-state index in [-0.39, 0.29) is 24.7 Å². The van der Waals surface area contributed by atoms with Crippen molar-refractivity contribution in [1.29, 1.82) is 0 Å². The molecule has 0 saturated heterocycles. The van der Waals surface area contributed by atoms with Crippen LogP contribution >= 0.6 is 0 Å². The van der Waals surface area contributed by atoms with E-state index in [1.807, 2.05) is 60.8 Å². The number of aliphatic hydroxyl groups excluding tert-OH is 1. The first-order chi connectivity index (χ1) is 14.0. The Bertz CT molecular complexity index is 964. The molecule has 5 heteroatoms. The average Bonchev–Trinajstić information content (AvgIpc) is 3.14. The average molecular weight is 392 g/mol. The minimum absolute atomic E-state index is 0.0400. The van der Waals surface area contributed by atoms with Crippen molar-refractivity contribution in [3.8, 4) is 0 Å². The van der Waals surface area contributed by atoms with E-state index in [0.29, 0.717) is 25.7 Å². The maximum absolute atomic E-state index is 12.8. The third-order valence-electron chi connectivity index (χ3n) is 5.29. The molecule has 3 N–H and O–H groups in total. The Labute approximate surface area is 171 Å². The first-order valence-corrected chi connectivity index (χ1v) is 10.1. The molecule has 3 aromatic rings. The fraction of sp³-hybridized carbons (Fsp3) is 0.333. The zero-order chi connectivity index (χ0) is 20.7. The molecule has 1 unspecified atom stereocenters. The van der Waals surface area contributed by atoms with E-state index in [2.05, 4.69) is 10.3 Å². The van der Waals surface area contributed by atoms with Gasteiger partial charge in [0.25, 0.3) is 0 Å². The number of carbonyl (C=O) groups is 2. The van der Waals surface area contributed by atoms with Crippen molar-refractivity contribution in [2.75, 3.05) is 6.61 Å². The lowest BCUT2D eigenvalue weighted by atomic mass is 9.86. The highest BCUT2D eigenvalue weighted by atomic mass is 16.3. The molecule has 3 rings (SSSR count). The lowest BCUT2D eigenvalue weighted by Gasteiger charge is -2.30. The molecule has 0 saturated carbocycles. The van der Waals surface area contributed by atoms with E-state index < -0.39 is 5.54 Å². The van der Waals surface area contributed by atoms with Gasteiger partial charge in [-0.3, -0.25) is 9.59 Å². The number of nitrogens with one attached hydrogen (secondary N) is 2. The maximum Gasteiger partial charge on any atom is 0.221 e. The number of benzene rings is 2. The highest BCUT2D eigenvalue weighted by Crippen LogP contribution is 2.20. The number of rotatable bonds is 10. The summed E-state index contributed by atoms with van der Waals surface area (Å²) >= 11 is 0. The molecule has 1 heterocycles. The molecule has 0 bridgehead atoms. The summed E-state index contributed by atoms with van der Waals surface area (Å²) in [6.45, 7) is 1.74. The van der Waals surface area contributed by atoms with E-state index in [9.17, 15) is 9.59 Å². The fourth-order valence-electron chi connectivity index (χ4n) is 3.69. The predicted molar refractivity (Wildman–Crippen MR) is 115 cm³/mol. The molecular weight excluding hydrogens is 364 g/mol. The number of aryl methyl sites for hydroxylation is 1. The van der Waals surface area contributed by atoms with Gasteiger partial charge in [-0.1, -0.05) is 48.5 Å². The van der Waals surface area contributed by atoms with Crippen LogP contribution in [0.1, 0.15) is 37.3 Å². The number of carbonyl (C=O) groups excluding carboxylic acids is 2. The van der Waals surface area contributed by atoms with Crippen molar-refractivity contribution >= 4 is 22.6 Å². The van der Waals surface area contributed by atoms with Crippen LogP contribution in [0.15, 0.2) is 60.8 Å². The van der Waals surface area contributed by atoms with Gasteiger partial charge in [0.1, 0.15) is 0 Å². The molecule has 0 aliphatic rings. The van der Waals surface area contributed by atoms with Crippen molar-refractivity contribution in [3.05, 3.63) is 71.9 Å². The second-order valence-electron chi connectivity index (χ2n) is 7.65. The van der Waals surface area contributed by atoms with E-state index >= 15 is 0 Å². The van der Waals surface area contributed by atoms with Crippen molar-refractivity contribution < 1.29 is 14.7 Å². The van der Waals surface area contributed by atoms with Crippen LogP contribution in [0.2, 0.25) is 0 Å². The Morgan fingerprint density at radius 2 is 1.76 bits per heavy atom. The van der Waals surface area contributed by atoms with Crippen molar-refractivity contribution in [3.63, 3.8) is 0 Å². The summed E-state index contributed by atoms with van der Waals surface area (Å²) in [6.07, 6.45) is 3.91. The van der Waals surface area contributed by atoms with Gasteiger partial charge in [0.15, 0.2) is 5.78 Å². The summed E-state index contributed by atoms with van der Waals surface area (Å²) in [5, 5.41) is 13.2. The lowest BCUT2D eigenvalue weighted by molar-refractivity contribution is -0.131. The molecule has 5 nitrogen and oxygen atoms in total. The fourth-order valence-corrected chi connectivity index (χ4v) is 3.69. The van der Waals surface area contributed by atoms with Crippen LogP contribution in [0.5, 0.6) is 0 Å². The third-order valence-corrected chi connectivity index (χ3v) is 5.29. The van der Waals surface area contributed by atoms with Gasteiger partial charge in [-0.25, -0.2) is 0 Å². The number of fused-ring (bicyclic) bond motifs is 1. The predicted octanol–water partition coefficient (Wildman–Crippen LogP) is 3.56. The normalized spacial score (nSPS) is 13.2. The Morgan fingerprint density at radius 1 is 1.03 bits per heavy atom. The molecule has 1 amide bonds. The van der Waals surface area contributed by atoms with Crippen molar-refractivity contribution in [2.24, 2.45) is 0 Å². The molecule has 0 aliphatic carbocycles. The zero-order valence-corrected chi connectivity index (χ0v) is 16.8. The Balaban J connectivity index is 1.68. The quantitative estimate of drug-likeness (QED) is 0.493. The van der Waals surface area contributed by atoms with Crippen LogP contribution < -0.4 is 5.32 Å². The molecule has 152 valence electrons. The minimum atomic E-state index is -0.992. The Kier molecular flexibility index (Phi) is 6.83. The van der Waals surface area contributed by atoms with E-state index in [1.165, 1.54) is 0 Å². The van der Waals surface area contributed by atoms with Gasteiger partial charge < -0.3 is 15.4 Å². The van der Waals surface area contributed by atoms with Crippen LogP contribution in [0, 0.1) is 0 Å². The largest absolute Gasteiger partial charge is 0.396 e. The van der Waals surface area contributed by atoms with Gasteiger partial charge in [-0.05, 0) is 37.0 Å². The topological polar surface area (TPSA) is 82.2 Å². The molecule has 1 atom stereocenters. The van der Waals surface area contributed by atoms with E-state index in [1.54, 1.807) is 6.92 Å². The number of hydrogen-bond donors (Lipinski definition) is 3. The summed E-state index contributed by atoms with van der Waals surface area (Å²) in [5.41, 5.74) is 2.14. The highest BCUT2D eigenvalue weighted by Gasteiger charge is 2.34. The van der Waals surface area contributed by atoms with Crippen LogP contribution in [0.4, 0.5) is 0 Å². The first kappa shape index (κ1) is 20.8. The van der Waals surface area contributed by atoms with E-state index in [4.69, 9.17) is 5.11 Å². The summed E-state index contributed by atoms with van der Waals surface area (Å²) in [6, 6.07) is 17.7. The third kappa shape index (κ3) is 5.33. The lowest BCUT2D eigenvalue weighted by Crippen LogP contribution is -2.53. The summed E-state index contributed by atoms with van der Waals surface area (Å²) < 4.78 is 0. The number of hydrogen-bond acceptors (Lipinski definition) is 3. The molecule has 0 radical (unpaired) electrons. The summed E-state index contributed by atoms with van der Waals surface area (Å²) in [7, 11) is 0. The van der Waals surface area contributed by atoms with Gasteiger partial charge in [0, 0.05) is 43.0 Å². The van der Waals surface area contributed by atoms with Gasteiger partial charge in [0.05, 0.1) is 5.54 Å². The monoisotopic (exact) mass is 392 g/mol. The van der Waals surface area contributed by atoms with Gasteiger partial charge in [-0.2, -0.15) is 0 Å². The van der Waals surface area contributed by atoms with E-state index in [0.717, 1.165) is 22.0 Å². The number of aromatic amines is 1. The molecule has 1 aromatic heterocycles. The Morgan fingerprint density at radius 3 is 2.52 bits per heavy atom. The number of aliphatic hydroxyl groups is 1. The second-order valence-corrected chi connectivity index (χ2v) is 7.65. The number of aromatic nitrogens is 1. The smallest absolute Gasteiger partial charge is 0.221 e. The minimum Gasteiger partial charge on any atom is -0.396 e. The van der Waals surface area contributed by atoms with Gasteiger partial charge >= 0.3 is 0 Å². The van der Waals surface area contributed by atoms with Gasteiger partial charge in [0.2, 0.25) is 5.91 Å². The maximum atomic E-state index is 12.8. The highest BCUT2D eigenvalue weighted by molar-refractivity contribution is 5.93. The van der Waals surface area contributed by atoms with Gasteiger partial charge in [-0.15, -0.1) is 0 Å². The molecular formula is C24H28N2O3. The van der Waals surface area contributed by atoms with Crippen LogP contribution in [0.25, 0.3) is 10.9 Å². The zero-order valence-electron chi connectivity index (χ0n) is 16.8. The second kappa shape index (κ2) is 9.52. The standard InChI is InChI=1S/C24H28N2O3/c1-24(22(28)12-7-15-27,16-18-8-3-2-4-9-18)26-23(29)14-13-19-17-25-21-11-6-5-10-20(19)21/h2-6,8-11,17,25,27H,7,12-16H2,1H3,(H,26,29). The summed E-state index contributed by atoms with van der Waals surface area (Å²) in [5.74, 6) is -0.207. The number of para-hydroxylation sites is 1. The number of Topliss-reactive ketones (excluding diaryl/α,β-unsaturated/α-hetero) is 1. The molecule has 0 aliphatic heterocycles. The number of H-pyrrole nitrogens is 1. The van der Waals surface area contributed by atoms with Crippen molar-refractivity contribution in [2.45, 2.75) is 44.6 Å². The molecule has 29 heavy (non-hydrogen) atoms. The van der Waals surface area contributed by atoms with Crippen LogP contribution in [0.3, 0.4) is 0 Å². The summed E-state index contributed by atoms with van der Waals surface area (Å²) in [4.78, 5) is 28.8. The SMILES string of the molecule is CC(Cc1ccccc1)(NC(=O)CCc1c[nH]c2ccccc12)C(=O)CCCO. The number of ketones is 1. The molecule has 0 fully saturated rings. The van der Waals surface area contributed by atoms with Crippen LogP contribution in [-0.4, -0.2) is 33.9 Å². The first-order valence-electron chi connectivity index (χ1n) is 10.1. The molecule has 2 aromatic carbocycles. The number of amides is 1. The molecule has 0 spiro atoms. The Hall–Kier alpha value is -2.92. The van der Waals surface area contributed by atoms with Crippen molar-refractivity contribution in [1.82, 2.24) is 10.3 Å².